The van der Waals surface area contributed by atoms with E-state index in [1.54, 1.807) is 0 Å². The van der Waals surface area contributed by atoms with Crippen molar-refractivity contribution in [3.05, 3.63) is 30.1 Å². The van der Waals surface area contributed by atoms with Gasteiger partial charge in [0, 0.05) is 11.3 Å². The third-order valence-corrected chi connectivity index (χ3v) is 5.55. The molecule has 0 bridgehead atoms. The number of benzene rings is 1. The van der Waals surface area contributed by atoms with E-state index < -0.39 is 0 Å². The standard InChI is InChI=1S/C15H19ClN2S/c1-11(16)14-17-12-6-3-4-7-13(12)18(14)10-15(2)8-5-9-19-15/h3-4,6-7,11H,5,8-10H2,1-2H3. The van der Waals surface area contributed by atoms with Crippen molar-refractivity contribution in [3.63, 3.8) is 0 Å². The molecular formula is C15H19ClN2S. The van der Waals surface area contributed by atoms with Gasteiger partial charge >= 0.3 is 0 Å². The van der Waals surface area contributed by atoms with Crippen molar-refractivity contribution in [3.8, 4) is 0 Å². The first-order valence-corrected chi connectivity index (χ1v) is 8.24. The topological polar surface area (TPSA) is 17.8 Å². The van der Waals surface area contributed by atoms with Crippen LogP contribution in [0.1, 0.15) is 37.9 Å². The maximum absolute atomic E-state index is 6.32. The number of alkyl halides is 1. The lowest BCUT2D eigenvalue weighted by Gasteiger charge is -2.25. The molecule has 0 amide bonds. The highest BCUT2D eigenvalue weighted by molar-refractivity contribution is 8.00. The smallest absolute Gasteiger partial charge is 0.127 e. The van der Waals surface area contributed by atoms with Gasteiger partial charge in [-0.1, -0.05) is 12.1 Å². The van der Waals surface area contributed by atoms with Crippen LogP contribution in [0.25, 0.3) is 11.0 Å². The highest BCUT2D eigenvalue weighted by Gasteiger charge is 2.31. The van der Waals surface area contributed by atoms with Gasteiger partial charge in [0.05, 0.1) is 16.4 Å². The van der Waals surface area contributed by atoms with E-state index in [4.69, 9.17) is 16.6 Å². The molecule has 1 fully saturated rings. The molecule has 2 unspecified atom stereocenters. The Morgan fingerprint density at radius 3 is 2.95 bits per heavy atom. The normalized spacial score (nSPS) is 25.0. The van der Waals surface area contributed by atoms with Crippen molar-refractivity contribution < 1.29 is 0 Å². The lowest BCUT2D eigenvalue weighted by molar-refractivity contribution is 0.506. The second-order valence-corrected chi connectivity index (χ2v) is 7.90. The van der Waals surface area contributed by atoms with Crippen LogP contribution in [0.2, 0.25) is 0 Å². The number of thioether (sulfide) groups is 1. The number of halogens is 1. The van der Waals surface area contributed by atoms with E-state index in [1.807, 2.05) is 13.0 Å². The first-order chi connectivity index (χ1) is 9.09. The van der Waals surface area contributed by atoms with Crippen molar-refractivity contribution in [2.24, 2.45) is 0 Å². The van der Waals surface area contributed by atoms with Crippen LogP contribution in [0.15, 0.2) is 24.3 Å². The third-order valence-electron chi connectivity index (χ3n) is 3.83. The quantitative estimate of drug-likeness (QED) is 0.769. The number of nitrogens with zero attached hydrogens (tertiary/aromatic N) is 2. The number of imidazole rings is 1. The number of rotatable bonds is 3. The van der Waals surface area contributed by atoms with Gasteiger partial charge in [0.2, 0.25) is 0 Å². The largest absolute Gasteiger partial charge is 0.325 e. The number of hydrogen-bond donors (Lipinski definition) is 0. The van der Waals surface area contributed by atoms with E-state index in [2.05, 4.69) is 41.5 Å². The van der Waals surface area contributed by atoms with Gasteiger partial charge in [-0.15, -0.1) is 11.6 Å². The Morgan fingerprint density at radius 1 is 1.47 bits per heavy atom. The average Bonchev–Trinajstić information content (AvgIpc) is 2.95. The molecule has 2 atom stereocenters. The third kappa shape index (κ3) is 2.50. The SMILES string of the molecule is CC(Cl)c1nc2ccccc2n1CC1(C)CCCS1. The zero-order valence-corrected chi connectivity index (χ0v) is 13.0. The molecule has 1 aromatic carbocycles. The Bertz CT molecular complexity index is 585. The predicted molar refractivity (Wildman–Crippen MR) is 84.1 cm³/mol. The molecule has 0 aliphatic carbocycles. The molecule has 0 N–H and O–H groups in total. The Labute approximate surface area is 123 Å². The molecule has 3 rings (SSSR count). The van der Waals surface area contributed by atoms with Crippen molar-refractivity contribution in [1.29, 1.82) is 0 Å². The fraction of sp³-hybridized carbons (Fsp3) is 0.533. The Morgan fingerprint density at radius 2 is 2.26 bits per heavy atom. The van der Waals surface area contributed by atoms with E-state index in [0.29, 0.717) is 4.75 Å². The molecule has 2 heterocycles. The maximum atomic E-state index is 6.32. The summed E-state index contributed by atoms with van der Waals surface area (Å²) < 4.78 is 2.65. The summed E-state index contributed by atoms with van der Waals surface area (Å²) in [6.07, 6.45) is 2.60. The van der Waals surface area contributed by atoms with E-state index in [-0.39, 0.29) is 5.38 Å². The first-order valence-electron chi connectivity index (χ1n) is 6.82. The molecule has 1 aliphatic heterocycles. The molecular weight excluding hydrogens is 276 g/mol. The Balaban J connectivity index is 2.07. The van der Waals surface area contributed by atoms with Crippen LogP contribution in [-0.2, 0) is 6.54 Å². The lowest BCUT2D eigenvalue weighted by Crippen LogP contribution is -2.25. The molecule has 0 radical (unpaired) electrons. The molecule has 1 aliphatic rings. The van der Waals surface area contributed by atoms with Gasteiger partial charge in [0.25, 0.3) is 0 Å². The molecule has 0 saturated carbocycles. The van der Waals surface area contributed by atoms with Gasteiger partial charge in [-0.25, -0.2) is 4.98 Å². The molecule has 4 heteroatoms. The van der Waals surface area contributed by atoms with Gasteiger partial charge in [0.1, 0.15) is 5.82 Å². The maximum Gasteiger partial charge on any atom is 0.127 e. The number of fused-ring (bicyclic) bond motifs is 1. The van der Waals surface area contributed by atoms with Crippen LogP contribution in [0, 0.1) is 0 Å². The van der Waals surface area contributed by atoms with E-state index >= 15 is 0 Å². The summed E-state index contributed by atoms with van der Waals surface area (Å²) in [5.41, 5.74) is 2.26. The summed E-state index contributed by atoms with van der Waals surface area (Å²) >= 11 is 8.40. The van der Waals surface area contributed by atoms with E-state index in [1.165, 1.54) is 24.1 Å². The fourth-order valence-electron chi connectivity index (χ4n) is 2.86. The Hall–Kier alpha value is -0.670. The van der Waals surface area contributed by atoms with Crippen molar-refractivity contribution in [2.75, 3.05) is 5.75 Å². The van der Waals surface area contributed by atoms with Crippen LogP contribution in [0.4, 0.5) is 0 Å². The molecule has 1 aromatic heterocycles. The van der Waals surface area contributed by atoms with Crippen LogP contribution < -0.4 is 0 Å². The zero-order chi connectivity index (χ0) is 13.5. The van der Waals surface area contributed by atoms with E-state index in [0.717, 1.165) is 17.9 Å². The van der Waals surface area contributed by atoms with Crippen molar-refractivity contribution >= 4 is 34.4 Å². The van der Waals surface area contributed by atoms with Crippen LogP contribution in [0.5, 0.6) is 0 Å². The summed E-state index contributed by atoms with van der Waals surface area (Å²) in [5, 5.41) is -0.0533. The zero-order valence-electron chi connectivity index (χ0n) is 11.4. The number of para-hydroxylation sites is 2. The van der Waals surface area contributed by atoms with Crippen molar-refractivity contribution in [1.82, 2.24) is 9.55 Å². The second-order valence-electron chi connectivity index (χ2n) is 5.56. The highest BCUT2D eigenvalue weighted by atomic mass is 35.5. The minimum absolute atomic E-state index is 0.0533. The van der Waals surface area contributed by atoms with Crippen molar-refractivity contribution in [2.45, 2.75) is 43.4 Å². The average molecular weight is 295 g/mol. The lowest BCUT2D eigenvalue weighted by atomic mass is 10.1. The predicted octanol–water partition coefficient (Wildman–Crippen LogP) is 4.62. The van der Waals surface area contributed by atoms with E-state index in [9.17, 15) is 0 Å². The Kier molecular flexibility index (Phi) is 3.52. The summed E-state index contributed by atoms with van der Waals surface area (Å²) in [6, 6.07) is 8.33. The van der Waals surface area contributed by atoms with Crippen LogP contribution >= 0.6 is 23.4 Å². The highest BCUT2D eigenvalue weighted by Crippen LogP contribution is 2.40. The van der Waals surface area contributed by atoms with Gasteiger partial charge < -0.3 is 4.57 Å². The van der Waals surface area contributed by atoms with Crippen LogP contribution in [-0.4, -0.2) is 20.1 Å². The first kappa shape index (κ1) is 13.3. The van der Waals surface area contributed by atoms with Gasteiger partial charge in [-0.05, 0) is 44.6 Å². The summed E-state index contributed by atoms with van der Waals surface area (Å²) in [4.78, 5) is 4.71. The second kappa shape index (κ2) is 5.02. The minimum atomic E-state index is -0.0533. The van der Waals surface area contributed by atoms with Gasteiger partial charge in [-0.3, -0.25) is 0 Å². The monoisotopic (exact) mass is 294 g/mol. The van der Waals surface area contributed by atoms with Gasteiger partial charge in [0.15, 0.2) is 0 Å². The number of hydrogen-bond acceptors (Lipinski definition) is 2. The fourth-order valence-corrected chi connectivity index (χ4v) is 4.32. The minimum Gasteiger partial charge on any atom is -0.325 e. The molecule has 2 nitrogen and oxygen atoms in total. The molecule has 2 aromatic rings. The molecule has 1 saturated heterocycles. The van der Waals surface area contributed by atoms with Crippen LogP contribution in [0.3, 0.4) is 0 Å². The molecule has 102 valence electrons. The summed E-state index contributed by atoms with van der Waals surface area (Å²) in [6.45, 7) is 5.37. The summed E-state index contributed by atoms with van der Waals surface area (Å²) in [7, 11) is 0. The molecule has 0 spiro atoms. The summed E-state index contributed by atoms with van der Waals surface area (Å²) in [5.74, 6) is 2.27. The number of aromatic nitrogens is 2. The van der Waals surface area contributed by atoms with Gasteiger partial charge in [-0.2, -0.15) is 11.8 Å². The molecule has 19 heavy (non-hydrogen) atoms.